The van der Waals surface area contributed by atoms with Crippen molar-refractivity contribution >= 4 is 38.5 Å². The van der Waals surface area contributed by atoms with Gasteiger partial charge in [0.2, 0.25) is 23.9 Å². The van der Waals surface area contributed by atoms with Gasteiger partial charge in [-0.15, -0.1) is 5.10 Å². The molecule has 2 heterocycles. The van der Waals surface area contributed by atoms with Crippen LogP contribution in [-0.2, 0) is 20.9 Å². The number of carbonyl (C=O) groups is 1. The molecule has 2 aromatic carbocycles. The van der Waals surface area contributed by atoms with E-state index in [0.29, 0.717) is 27.0 Å². The zero-order valence-corrected chi connectivity index (χ0v) is 21.2. The highest BCUT2D eigenvalue weighted by atomic mass is 79.9. The highest BCUT2D eigenvalue weighted by Gasteiger charge is 2.36. The average Bonchev–Trinajstić information content (AvgIpc) is 3.29. The van der Waals surface area contributed by atoms with Crippen molar-refractivity contribution in [3.05, 3.63) is 63.3 Å². The Kier molecular flexibility index (Phi) is 7.19. The molecule has 1 aliphatic rings. The zero-order chi connectivity index (χ0) is 25.1. The summed E-state index contributed by atoms with van der Waals surface area (Å²) in [5.41, 5.74) is 2.20. The summed E-state index contributed by atoms with van der Waals surface area (Å²) in [6, 6.07) is 13.7. The van der Waals surface area contributed by atoms with Crippen LogP contribution < -0.4 is 9.47 Å². The van der Waals surface area contributed by atoms with E-state index in [0.717, 1.165) is 10.8 Å². The largest absolute Gasteiger partial charge is 0.496 e. The Balaban J connectivity index is 1.66. The van der Waals surface area contributed by atoms with E-state index in [-0.39, 0.29) is 36.5 Å². The third-order valence-corrected chi connectivity index (χ3v) is 6.56. The number of nitriles is 1. The Morgan fingerprint density at radius 1 is 1.23 bits per heavy atom. The number of fused-ring (bicyclic) bond motifs is 1. The molecule has 35 heavy (non-hydrogen) atoms. The molecule has 1 aromatic heterocycles. The molecule has 1 amide bonds. The number of nitrogens with zero attached hydrogens (tertiary/aromatic N) is 4. The summed E-state index contributed by atoms with van der Waals surface area (Å²) in [5, 5.41) is 17.2. The number of methoxy groups -OCH3 is 2. The zero-order valence-electron chi connectivity index (χ0n) is 19.7. The molecule has 0 radical (unpaired) electrons. The van der Waals surface area contributed by atoms with Gasteiger partial charge in [0.25, 0.3) is 0 Å². The van der Waals surface area contributed by atoms with Crippen LogP contribution in [0.2, 0.25) is 0 Å². The number of benzene rings is 2. The molecule has 1 unspecified atom stereocenters. The predicted octanol–water partition coefficient (Wildman–Crippen LogP) is 4.60. The minimum atomic E-state index is -0.841. The van der Waals surface area contributed by atoms with Crippen molar-refractivity contribution < 1.29 is 23.7 Å². The molecule has 0 saturated heterocycles. The quantitative estimate of drug-likeness (QED) is 0.432. The van der Waals surface area contributed by atoms with Crippen molar-refractivity contribution in [2.75, 3.05) is 20.8 Å². The van der Waals surface area contributed by atoms with Crippen molar-refractivity contribution in [1.29, 1.82) is 5.26 Å². The number of ether oxygens (including phenoxy) is 4. The van der Waals surface area contributed by atoms with Crippen molar-refractivity contribution in [1.82, 2.24) is 9.99 Å². The number of amides is 1. The van der Waals surface area contributed by atoms with Crippen molar-refractivity contribution in [3.8, 4) is 17.7 Å². The van der Waals surface area contributed by atoms with Crippen LogP contribution in [0.25, 0.3) is 10.8 Å². The standard InChI is InChI=1S/C25H23BrN4O5/c1-14-23(26)19(12-32-3)18(11-27)24(28-14)34-13-21-29-30(15(2)31)25(35-21)22-17-8-6-5-7-16(17)9-10-20(22)33-4/h5-10,25H,12-13H2,1-4H3. The molecule has 0 N–H and O–H groups in total. The van der Waals surface area contributed by atoms with Crippen LogP contribution in [0.4, 0.5) is 0 Å². The maximum absolute atomic E-state index is 12.5. The fraction of sp³-hybridized carbons (Fsp3) is 0.280. The van der Waals surface area contributed by atoms with E-state index in [2.05, 4.69) is 32.1 Å². The molecule has 1 aliphatic heterocycles. The monoisotopic (exact) mass is 538 g/mol. The molecule has 10 heteroatoms. The highest BCUT2D eigenvalue weighted by Crippen LogP contribution is 2.39. The SMILES string of the molecule is COCc1c(Br)c(C)nc(OCC2=NN(C(C)=O)C(c3c(OC)ccc4ccccc34)O2)c1C#N. The van der Waals surface area contributed by atoms with E-state index < -0.39 is 6.23 Å². The van der Waals surface area contributed by atoms with Gasteiger partial charge in [-0.2, -0.15) is 10.3 Å². The number of hydrogen-bond donors (Lipinski definition) is 0. The van der Waals surface area contributed by atoms with Crippen LogP contribution in [0.15, 0.2) is 46.0 Å². The van der Waals surface area contributed by atoms with Gasteiger partial charge in [-0.25, -0.2) is 4.98 Å². The normalized spacial score (nSPS) is 14.9. The molecule has 0 saturated carbocycles. The second-order valence-electron chi connectivity index (χ2n) is 7.73. The first kappa shape index (κ1) is 24.4. The lowest BCUT2D eigenvalue weighted by molar-refractivity contribution is -0.135. The van der Waals surface area contributed by atoms with Gasteiger partial charge in [0.1, 0.15) is 17.4 Å². The van der Waals surface area contributed by atoms with Crippen LogP contribution >= 0.6 is 15.9 Å². The topological polar surface area (TPSA) is 106 Å². The van der Waals surface area contributed by atoms with E-state index in [4.69, 9.17) is 18.9 Å². The Labute approximate surface area is 211 Å². The molecule has 0 fully saturated rings. The molecule has 1 atom stereocenters. The number of aryl methyl sites for hydroxylation is 1. The molecule has 3 aromatic rings. The first-order chi connectivity index (χ1) is 16.9. The molecule has 0 aliphatic carbocycles. The third kappa shape index (κ3) is 4.65. The molecule has 0 spiro atoms. The summed E-state index contributed by atoms with van der Waals surface area (Å²) in [5.74, 6) is 0.558. The van der Waals surface area contributed by atoms with E-state index in [1.165, 1.54) is 11.9 Å². The Morgan fingerprint density at radius 3 is 2.69 bits per heavy atom. The van der Waals surface area contributed by atoms with Gasteiger partial charge in [-0.3, -0.25) is 4.79 Å². The minimum Gasteiger partial charge on any atom is -0.496 e. The molecule has 180 valence electrons. The lowest BCUT2D eigenvalue weighted by Crippen LogP contribution is -2.26. The van der Waals surface area contributed by atoms with Crippen LogP contribution in [-0.4, -0.2) is 42.6 Å². The Morgan fingerprint density at radius 2 is 2.00 bits per heavy atom. The first-order valence-corrected chi connectivity index (χ1v) is 11.5. The lowest BCUT2D eigenvalue weighted by atomic mass is 10.0. The van der Waals surface area contributed by atoms with E-state index >= 15 is 0 Å². The number of hydrogen-bond acceptors (Lipinski definition) is 8. The Bertz CT molecular complexity index is 1370. The second-order valence-corrected chi connectivity index (χ2v) is 8.53. The summed E-state index contributed by atoms with van der Waals surface area (Å²) >= 11 is 3.46. The van der Waals surface area contributed by atoms with Gasteiger partial charge < -0.3 is 18.9 Å². The van der Waals surface area contributed by atoms with Gasteiger partial charge in [0, 0.05) is 24.1 Å². The summed E-state index contributed by atoms with van der Waals surface area (Å²) in [4.78, 5) is 16.9. The van der Waals surface area contributed by atoms with Gasteiger partial charge in [-0.1, -0.05) is 30.3 Å². The number of hydrazone groups is 1. The lowest BCUT2D eigenvalue weighted by Gasteiger charge is -2.23. The molecular weight excluding hydrogens is 516 g/mol. The molecule has 4 rings (SSSR count). The fourth-order valence-electron chi connectivity index (χ4n) is 3.91. The molecule has 9 nitrogen and oxygen atoms in total. The van der Waals surface area contributed by atoms with Gasteiger partial charge in [-0.05, 0) is 39.7 Å². The smallest absolute Gasteiger partial charge is 0.247 e. The number of aromatic nitrogens is 1. The third-order valence-electron chi connectivity index (χ3n) is 5.51. The minimum absolute atomic E-state index is 0.132. The van der Waals surface area contributed by atoms with Crippen LogP contribution in [0, 0.1) is 18.3 Å². The van der Waals surface area contributed by atoms with Crippen molar-refractivity contribution in [3.63, 3.8) is 0 Å². The van der Waals surface area contributed by atoms with Gasteiger partial charge >= 0.3 is 0 Å². The maximum Gasteiger partial charge on any atom is 0.247 e. The number of rotatable bonds is 7. The number of halogens is 1. The maximum atomic E-state index is 12.5. The van der Waals surface area contributed by atoms with Crippen LogP contribution in [0.1, 0.15) is 35.5 Å². The summed E-state index contributed by atoms with van der Waals surface area (Å²) in [6.07, 6.45) is -0.841. The van der Waals surface area contributed by atoms with Crippen molar-refractivity contribution in [2.24, 2.45) is 5.10 Å². The molecular formula is C25H23BrN4O5. The average molecular weight is 539 g/mol. The van der Waals surface area contributed by atoms with Crippen LogP contribution in [0.3, 0.4) is 0 Å². The van der Waals surface area contributed by atoms with Crippen molar-refractivity contribution in [2.45, 2.75) is 26.7 Å². The summed E-state index contributed by atoms with van der Waals surface area (Å²) in [7, 11) is 3.11. The fourth-order valence-corrected chi connectivity index (χ4v) is 4.31. The first-order valence-electron chi connectivity index (χ1n) is 10.7. The summed E-state index contributed by atoms with van der Waals surface area (Å²) < 4.78 is 23.5. The van der Waals surface area contributed by atoms with Gasteiger partial charge in [0.05, 0.1) is 25.0 Å². The second kappa shape index (κ2) is 10.3. The number of carbonyl (C=O) groups excluding carboxylic acids is 1. The van der Waals surface area contributed by atoms with E-state index in [1.54, 1.807) is 21.1 Å². The van der Waals surface area contributed by atoms with Gasteiger partial charge in [0.15, 0.2) is 6.61 Å². The Hall–Kier alpha value is -3.68. The predicted molar refractivity (Wildman–Crippen MR) is 132 cm³/mol. The van der Waals surface area contributed by atoms with E-state index in [9.17, 15) is 10.1 Å². The van der Waals surface area contributed by atoms with Crippen LogP contribution in [0.5, 0.6) is 11.6 Å². The highest BCUT2D eigenvalue weighted by molar-refractivity contribution is 9.10. The molecule has 0 bridgehead atoms. The van der Waals surface area contributed by atoms with E-state index in [1.807, 2.05) is 36.4 Å². The number of pyridine rings is 1. The summed E-state index contributed by atoms with van der Waals surface area (Å²) in [6.45, 7) is 3.27.